The number of carboxylic acids is 1. The monoisotopic (exact) mass is 335 g/mol. The maximum atomic E-state index is 11.1. The van der Waals surface area contributed by atoms with E-state index in [-0.39, 0.29) is 5.56 Å². The Bertz CT molecular complexity index is 895. The van der Waals surface area contributed by atoms with Gasteiger partial charge >= 0.3 is 5.97 Å². The Labute approximate surface area is 146 Å². The third-order valence-corrected chi connectivity index (χ3v) is 5.10. The molecule has 0 spiro atoms. The maximum Gasteiger partial charge on any atom is 0.337 e. The molecule has 0 unspecified atom stereocenters. The van der Waals surface area contributed by atoms with Crippen molar-refractivity contribution in [2.75, 3.05) is 13.1 Å². The van der Waals surface area contributed by atoms with E-state index < -0.39 is 5.97 Å². The lowest BCUT2D eigenvalue weighted by Gasteiger charge is -2.32. The largest absolute Gasteiger partial charge is 0.478 e. The topological polar surface area (TPSA) is 69.2 Å². The summed E-state index contributed by atoms with van der Waals surface area (Å²) >= 11 is 0. The van der Waals surface area contributed by atoms with Gasteiger partial charge in [-0.1, -0.05) is 18.2 Å². The summed E-state index contributed by atoms with van der Waals surface area (Å²) in [6.07, 6.45) is 7.56. The molecule has 5 heteroatoms. The Morgan fingerprint density at radius 2 is 2.04 bits per heavy atom. The molecule has 3 aromatic rings. The van der Waals surface area contributed by atoms with Gasteiger partial charge in [-0.25, -0.2) is 4.79 Å². The predicted molar refractivity (Wildman–Crippen MR) is 96.7 cm³/mol. The minimum atomic E-state index is -0.924. The fourth-order valence-corrected chi connectivity index (χ4v) is 3.78. The molecule has 1 aromatic carbocycles. The number of carboxylic acid groups (broad SMARTS) is 1. The molecule has 0 radical (unpaired) electrons. The van der Waals surface area contributed by atoms with Crippen LogP contribution in [0.4, 0.5) is 0 Å². The van der Waals surface area contributed by atoms with Crippen LogP contribution in [0, 0.1) is 0 Å². The number of benzene rings is 1. The van der Waals surface area contributed by atoms with Crippen molar-refractivity contribution in [1.82, 2.24) is 14.9 Å². The van der Waals surface area contributed by atoms with Crippen LogP contribution in [0.25, 0.3) is 10.9 Å². The van der Waals surface area contributed by atoms with Crippen LogP contribution in [0.2, 0.25) is 0 Å². The van der Waals surface area contributed by atoms with Crippen LogP contribution in [0.1, 0.15) is 40.2 Å². The molecule has 25 heavy (non-hydrogen) atoms. The molecule has 2 aromatic heterocycles. The van der Waals surface area contributed by atoms with Gasteiger partial charge in [-0.2, -0.15) is 0 Å². The number of carbonyl (C=O) groups is 1. The van der Waals surface area contributed by atoms with Gasteiger partial charge in [0.05, 0.1) is 5.56 Å². The minimum absolute atomic E-state index is 0.256. The quantitative estimate of drug-likeness (QED) is 0.764. The highest BCUT2D eigenvalue weighted by Crippen LogP contribution is 2.33. The number of aromatic carboxylic acids is 1. The fourth-order valence-electron chi connectivity index (χ4n) is 3.78. The summed E-state index contributed by atoms with van der Waals surface area (Å²) in [5, 5.41) is 10.4. The van der Waals surface area contributed by atoms with Crippen molar-refractivity contribution in [3.05, 3.63) is 65.6 Å². The second-order valence-corrected chi connectivity index (χ2v) is 6.73. The van der Waals surface area contributed by atoms with Gasteiger partial charge in [-0.3, -0.25) is 9.88 Å². The summed E-state index contributed by atoms with van der Waals surface area (Å²) in [5.41, 5.74) is 3.85. The molecule has 2 N–H and O–H groups in total. The lowest BCUT2D eigenvalue weighted by Crippen LogP contribution is -2.32. The van der Waals surface area contributed by atoms with Crippen molar-refractivity contribution >= 4 is 16.9 Å². The first-order valence-corrected chi connectivity index (χ1v) is 8.66. The van der Waals surface area contributed by atoms with Crippen LogP contribution in [-0.4, -0.2) is 39.0 Å². The van der Waals surface area contributed by atoms with E-state index in [1.54, 1.807) is 12.3 Å². The highest BCUT2D eigenvalue weighted by atomic mass is 16.4. The molecular formula is C20H21N3O2. The van der Waals surface area contributed by atoms with E-state index in [4.69, 9.17) is 5.11 Å². The normalized spacial score (nSPS) is 16.3. The number of para-hydroxylation sites is 1. The summed E-state index contributed by atoms with van der Waals surface area (Å²) < 4.78 is 0. The van der Waals surface area contributed by atoms with E-state index in [9.17, 15) is 4.79 Å². The number of pyridine rings is 1. The van der Waals surface area contributed by atoms with Gasteiger partial charge in [0.1, 0.15) is 0 Å². The average Bonchev–Trinajstić information content (AvgIpc) is 3.07. The second-order valence-electron chi connectivity index (χ2n) is 6.73. The van der Waals surface area contributed by atoms with E-state index in [1.165, 1.54) is 22.7 Å². The predicted octanol–water partition coefficient (Wildman–Crippen LogP) is 3.64. The number of nitrogens with zero attached hydrogens (tertiary/aromatic N) is 2. The van der Waals surface area contributed by atoms with Gasteiger partial charge in [0, 0.05) is 36.0 Å². The fraction of sp³-hybridized carbons (Fsp3) is 0.300. The lowest BCUT2D eigenvalue weighted by molar-refractivity contribution is 0.0696. The van der Waals surface area contributed by atoms with E-state index in [2.05, 4.69) is 45.3 Å². The zero-order chi connectivity index (χ0) is 17.2. The summed E-state index contributed by atoms with van der Waals surface area (Å²) in [7, 11) is 0. The molecule has 0 amide bonds. The Kier molecular flexibility index (Phi) is 4.24. The highest BCUT2D eigenvalue weighted by Gasteiger charge is 2.23. The Hall–Kier alpha value is -2.66. The highest BCUT2D eigenvalue weighted by molar-refractivity contribution is 5.87. The smallest absolute Gasteiger partial charge is 0.337 e. The standard InChI is InChI=1S/C20H21N3O2/c24-20(25)16-9-14(10-21-11-16)13-23-7-5-15(6-8-23)18-12-22-19-4-2-1-3-17(18)19/h1-4,9-12,15,22H,5-8,13H2,(H,24,25). The number of rotatable bonds is 4. The van der Waals surface area contributed by atoms with Crippen molar-refractivity contribution < 1.29 is 9.90 Å². The Morgan fingerprint density at radius 1 is 1.24 bits per heavy atom. The number of hydrogen-bond donors (Lipinski definition) is 2. The molecule has 1 fully saturated rings. The van der Waals surface area contributed by atoms with Crippen molar-refractivity contribution in [3.63, 3.8) is 0 Å². The molecule has 0 aliphatic carbocycles. The first kappa shape index (κ1) is 15.8. The third kappa shape index (κ3) is 3.28. The summed E-state index contributed by atoms with van der Waals surface area (Å²) in [6, 6.07) is 10.2. The van der Waals surface area contributed by atoms with Crippen LogP contribution >= 0.6 is 0 Å². The molecule has 0 saturated carbocycles. The van der Waals surface area contributed by atoms with Crippen molar-refractivity contribution in [3.8, 4) is 0 Å². The minimum Gasteiger partial charge on any atom is -0.478 e. The van der Waals surface area contributed by atoms with Gasteiger partial charge in [-0.05, 0) is 55.1 Å². The first-order chi connectivity index (χ1) is 12.2. The molecule has 1 aliphatic heterocycles. The first-order valence-electron chi connectivity index (χ1n) is 8.66. The van der Waals surface area contributed by atoms with Crippen LogP contribution in [0.5, 0.6) is 0 Å². The van der Waals surface area contributed by atoms with Gasteiger partial charge in [0.2, 0.25) is 0 Å². The van der Waals surface area contributed by atoms with Gasteiger partial charge in [-0.15, -0.1) is 0 Å². The number of nitrogens with one attached hydrogen (secondary N) is 1. The molecule has 1 aliphatic rings. The summed E-state index contributed by atoms with van der Waals surface area (Å²) in [6.45, 7) is 2.79. The molecule has 4 rings (SSSR count). The lowest BCUT2D eigenvalue weighted by atomic mass is 9.89. The van der Waals surface area contributed by atoms with Crippen LogP contribution in [0.15, 0.2) is 48.9 Å². The zero-order valence-corrected chi connectivity index (χ0v) is 14.0. The van der Waals surface area contributed by atoms with Gasteiger partial charge in [0.25, 0.3) is 0 Å². The molecule has 0 bridgehead atoms. The maximum absolute atomic E-state index is 11.1. The number of aromatic nitrogens is 2. The molecular weight excluding hydrogens is 314 g/mol. The third-order valence-electron chi connectivity index (χ3n) is 5.10. The van der Waals surface area contributed by atoms with E-state index in [1.807, 2.05) is 0 Å². The molecule has 3 heterocycles. The second kappa shape index (κ2) is 6.69. The number of aromatic amines is 1. The summed E-state index contributed by atoms with van der Waals surface area (Å²) in [4.78, 5) is 20.9. The molecule has 128 valence electrons. The van der Waals surface area contributed by atoms with Crippen molar-refractivity contribution in [2.45, 2.75) is 25.3 Å². The number of hydrogen-bond acceptors (Lipinski definition) is 3. The Morgan fingerprint density at radius 3 is 2.84 bits per heavy atom. The number of H-pyrrole nitrogens is 1. The summed E-state index contributed by atoms with van der Waals surface area (Å²) in [5.74, 6) is -0.344. The molecule has 0 atom stereocenters. The Balaban J connectivity index is 1.42. The average molecular weight is 335 g/mol. The van der Waals surface area contributed by atoms with Gasteiger partial charge < -0.3 is 10.1 Å². The van der Waals surface area contributed by atoms with E-state index >= 15 is 0 Å². The van der Waals surface area contributed by atoms with Crippen molar-refractivity contribution in [2.24, 2.45) is 0 Å². The number of piperidine rings is 1. The van der Waals surface area contributed by atoms with Crippen LogP contribution in [-0.2, 0) is 6.54 Å². The van der Waals surface area contributed by atoms with Crippen molar-refractivity contribution in [1.29, 1.82) is 0 Å². The van der Waals surface area contributed by atoms with E-state index in [0.29, 0.717) is 5.92 Å². The number of fused-ring (bicyclic) bond motifs is 1. The number of likely N-dealkylation sites (tertiary alicyclic amines) is 1. The van der Waals surface area contributed by atoms with E-state index in [0.717, 1.165) is 38.0 Å². The van der Waals surface area contributed by atoms with Crippen LogP contribution < -0.4 is 0 Å². The zero-order valence-electron chi connectivity index (χ0n) is 14.0. The molecule has 5 nitrogen and oxygen atoms in total. The van der Waals surface area contributed by atoms with Crippen LogP contribution in [0.3, 0.4) is 0 Å². The SMILES string of the molecule is O=C(O)c1cncc(CN2CCC(c3c[nH]c4ccccc34)CC2)c1. The van der Waals surface area contributed by atoms with Gasteiger partial charge in [0.15, 0.2) is 0 Å². The molecule has 1 saturated heterocycles.